The third-order valence-corrected chi connectivity index (χ3v) is 4.02. The van der Waals surface area contributed by atoms with E-state index in [9.17, 15) is 9.59 Å². The second-order valence-corrected chi connectivity index (χ2v) is 5.60. The van der Waals surface area contributed by atoms with Gasteiger partial charge in [0.2, 0.25) is 0 Å². The maximum atomic E-state index is 11.7. The Hall–Kier alpha value is -1.26. The summed E-state index contributed by atoms with van der Waals surface area (Å²) in [6, 6.07) is -0.156. The third kappa shape index (κ3) is 2.70. The summed E-state index contributed by atoms with van der Waals surface area (Å²) in [5, 5.41) is 11.7. The highest BCUT2D eigenvalue weighted by Crippen LogP contribution is 2.45. The molecule has 2 aliphatic rings. The van der Waals surface area contributed by atoms with Gasteiger partial charge in [-0.1, -0.05) is 6.92 Å². The van der Waals surface area contributed by atoms with Crippen LogP contribution in [0, 0.1) is 17.3 Å². The predicted octanol–water partition coefficient (Wildman–Crippen LogP) is 1.15. The van der Waals surface area contributed by atoms with Crippen LogP contribution < -0.4 is 5.32 Å². The molecule has 17 heavy (non-hydrogen) atoms. The van der Waals surface area contributed by atoms with Gasteiger partial charge in [0.05, 0.1) is 5.41 Å². The number of nitrogens with zero attached hydrogens (tertiary/aromatic N) is 1. The van der Waals surface area contributed by atoms with Crippen LogP contribution in [-0.2, 0) is 4.79 Å². The number of carboxylic acid groups (broad SMARTS) is 1. The minimum Gasteiger partial charge on any atom is -0.481 e. The molecule has 2 N–H and O–H groups in total. The molecule has 96 valence electrons. The molecule has 0 spiro atoms. The summed E-state index contributed by atoms with van der Waals surface area (Å²) in [6.07, 6.45) is 2.54. The van der Waals surface area contributed by atoms with E-state index in [4.69, 9.17) is 5.11 Å². The molecule has 0 saturated heterocycles. The van der Waals surface area contributed by atoms with Crippen LogP contribution in [0.25, 0.3) is 0 Å². The van der Waals surface area contributed by atoms with Crippen molar-refractivity contribution in [1.82, 2.24) is 10.2 Å². The number of hydrogen-bond donors (Lipinski definition) is 2. The molecule has 5 nitrogen and oxygen atoms in total. The van der Waals surface area contributed by atoms with Crippen LogP contribution in [0.2, 0.25) is 0 Å². The van der Waals surface area contributed by atoms with Crippen molar-refractivity contribution in [2.24, 2.45) is 17.3 Å². The quantitative estimate of drug-likeness (QED) is 0.757. The van der Waals surface area contributed by atoms with Crippen molar-refractivity contribution in [2.45, 2.75) is 26.2 Å². The average Bonchev–Trinajstić information content (AvgIpc) is 3.14. The molecule has 2 aliphatic carbocycles. The highest BCUT2D eigenvalue weighted by molar-refractivity contribution is 5.80. The molecule has 0 aromatic rings. The number of rotatable bonds is 5. The topological polar surface area (TPSA) is 69.6 Å². The van der Waals surface area contributed by atoms with Gasteiger partial charge < -0.3 is 15.3 Å². The Labute approximate surface area is 101 Å². The molecular weight excluding hydrogens is 220 g/mol. The average molecular weight is 240 g/mol. The van der Waals surface area contributed by atoms with Gasteiger partial charge in [0.25, 0.3) is 0 Å². The number of nitrogens with one attached hydrogen (secondary N) is 1. The number of urea groups is 1. The largest absolute Gasteiger partial charge is 0.481 e. The Morgan fingerprint density at radius 3 is 2.47 bits per heavy atom. The van der Waals surface area contributed by atoms with E-state index < -0.39 is 11.4 Å². The fourth-order valence-corrected chi connectivity index (χ4v) is 2.09. The summed E-state index contributed by atoms with van der Waals surface area (Å²) in [4.78, 5) is 24.3. The first-order chi connectivity index (χ1) is 7.94. The fraction of sp³-hybridized carbons (Fsp3) is 0.833. The summed E-state index contributed by atoms with van der Waals surface area (Å²) < 4.78 is 0. The van der Waals surface area contributed by atoms with Gasteiger partial charge in [-0.05, 0) is 31.1 Å². The number of carbonyl (C=O) groups is 2. The van der Waals surface area contributed by atoms with E-state index in [-0.39, 0.29) is 12.6 Å². The second-order valence-electron chi connectivity index (χ2n) is 5.60. The van der Waals surface area contributed by atoms with Gasteiger partial charge in [-0.2, -0.15) is 0 Å². The summed E-state index contributed by atoms with van der Waals surface area (Å²) in [6.45, 7) is 3.21. The van der Waals surface area contributed by atoms with Crippen molar-refractivity contribution in [3.05, 3.63) is 0 Å². The van der Waals surface area contributed by atoms with Crippen LogP contribution in [0.5, 0.6) is 0 Å². The summed E-state index contributed by atoms with van der Waals surface area (Å²) >= 11 is 0. The molecule has 0 bridgehead atoms. The number of carboxylic acids is 1. The molecule has 0 aromatic carbocycles. The molecule has 0 radical (unpaired) electrons. The number of carbonyl (C=O) groups excluding carboxylic acids is 1. The van der Waals surface area contributed by atoms with Crippen molar-refractivity contribution < 1.29 is 14.7 Å². The third-order valence-electron chi connectivity index (χ3n) is 4.02. The van der Waals surface area contributed by atoms with E-state index in [1.165, 1.54) is 6.42 Å². The minimum atomic E-state index is -0.795. The van der Waals surface area contributed by atoms with Gasteiger partial charge in [-0.25, -0.2) is 4.79 Å². The normalized spacial score (nSPS) is 28.4. The molecule has 0 aliphatic heterocycles. The van der Waals surface area contributed by atoms with E-state index in [0.29, 0.717) is 18.8 Å². The molecule has 5 heteroatoms. The Morgan fingerprint density at radius 1 is 1.47 bits per heavy atom. The highest BCUT2D eigenvalue weighted by Gasteiger charge is 2.50. The van der Waals surface area contributed by atoms with Crippen LogP contribution >= 0.6 is 0 Å². The van der Waals surface area contributed by atoms with Gasteiger partial charge in [-0.3, -0.25) is 4.79 Å². The first-order valence-corrected chi connectivity index (χ1v) is 6.17. The minimum absolute atomic E-state index is 0.156. The molecule has 2 amide bonds. The van der Waals surface area contributed by atoms with Gasteiger partial charge >= 0.3 is 12.0 Å². The Morgan fingerprint density at radius 2 is 2.06 bits per heavy atom. The van der Waals surface area contributed by atoms with Gasteiger partial charge in [0.15, 0.2) is 0 Å². The lowest BCUT2D eigenvalue weighted by Gasteiger charge is -2.19. The van der Waals surface area contributed by atoms with Gasteiger partial charge in [0.1, 0.15) is 0 Å². The lowest BCUT2D eigenvalue weighted by molar-refractivity contribution is -0.143. The van der Waals surface area contributed by atoms with Crippen LogP contribution in [0.15, 0.2) is 0 Å². The van der Waals surface area contributed by atoms with E-state index in [2.05, 4.69) is 12.2 Å². The first-order valence-electron chi connectivity index (χ1n) is 6.17. The van der Waals surface area contributed by atoms with Crippen molar-refractivity contribution in [3.8, 4) is 0 Å². The van der Waals surface area contributed by atoms with Crippen LogP contribution in [0.3, 0.4) is 0 Å². The molecule has 0 heterocycles. The van der Waals surface area contributed by atoms with Crippen molar-refractivity contribution in [3.63, 3.8) is 0 Å². The first kappa shape index (κ1) is 12.2. The van der Waals surface area contributed by atoms with Crippen LogP contribution in [0.4, 0.5) is 4.79 Å². The van der Waals surface area contributed by atoms with E-state index in [1.807, 2.05) is 0 Å². The zero-order valence-corrected chi connectivity index (χ0v) is 10.4. The zero-order valence-electron chi connectivity index (χ0n) is 10.4. The second kappa shape index (κ2) is 4.20. The summed E-state index contributed by atoms with van der Waals surface area (Å²) in [7, 11) is 1.76. The van der Waals surface area contributed by atoms with Crippen LogP contribution in [-0.4, -0.2) is 42.1 Å². The van der Waals surface area contributed by atoms with Gasteiger partial charge in [-0.15, -0.1) is 0 Å². The molecular formula is C12H20N2O3. The predicted molar refractivity (Wildman–Crippen MR) is 62.6 cm³/mol. The monoisotopic (exact) mass is 240 g/mol. The molecule has 2 saturated carbocycles. The summed E-state index contributed by atoms with van der Waals surface area (Å²) in [5.74, 6) is 0.551. The maximum Gasteiger partial charge on any atom is 0.317 e. The molecule has 2 rings (SSSR count). The molecule has 2 unspecified atom stereocenters. The molecule has 2 fully saturated rings. The fourth-order valence-electron chi connectivity index (χ4n) is 2.09. The lowest BCUT2D eigenvalue weighted by atomic mass is 10.1. The summed E-state index contributed by atoms with van der Waals surface area (Å²) in [5.41, 5.74) is -0.677. The highest BCUT2D eigenvalue weighted by atomic mass is 16.4. The maximum absolute atomic E-state index is 11.7. The number of hydrogen-bond acceptors (Lipinski definition) is 2. The van der Waals surface area contributed by atoms with Crippen molar-refractivity contribution in [2.75, 3.05) is 20.1 Å². The zero-order chi connectivity index (χ0) is 12.6. The van der Waals surface area contributed by atoms with E-state index >= 15 is 0 Å². The van der Waals surface area contributed by atoms with E-state index in [1.54, 1.807) is 11.9 Å². The molecule has 2 atom stereocenters. The molecule has 0 aromatic heterocycles. The Bertz CT molecular complexity index is 339. The number of aliphatic carboxylic acids is 1. The Balaban J connectivity index is 1.71. The van der Waals surface area contributed by atoms with E-state index in [0.717, 1.165) is 12.5 Å². The standard InChI is InChI=1S/C12H20N2O3/c1-8-5-9(8)6-14(2)11(17)13-7-12(3-4-12)10(15)16/h8-9H,3-7H2,1-2H3,(H,13,17)(H,15,16). The smallest absolute Gasteiger partial charge is 0.317 e. The Kier molecular flexibility index (Phi) is 3.02. The number of amides is 2. The van der Waals surface area contributed by atoms with Crippen molar-refractivity contribution >= 4 is 12.0 Å². The van der Waals surface area contributed by atoms with Gasteiger partial charge in [0, 0.05) is 20.1 Å². The SMILES string of the molecule is CC1CC1CN(C)C(=O)NCC1(C(=O)O)CC1. The van der Waals surface area contributed by atoms with Crippen molar-refractivity contribution in [1.29, 1.82) is 0 Å². The lowest BCUT2D eigenvalue weighted by Crippen LogP contribution is -2.42. The van der Waals surface area contributed by atoms with Crippen LogP contribution in [0.1, 0.15) is 26.2 Å².